The topological polar surface area (TPSA) is 55.5 Å². The number of ether oxygens (including phenoxy) is 1. The summed E-state index contributed by atoms with van der Waals surface area (Å²) < 4.78 is 10.7. The third kappa shape index (κ3) is 2.13. The Kier molecular flexibility index (Phi) is 2.84. The molecule has 1 aliphatic rings. The van der Waals surface area contributed by atoms with E-state index in [2.05, 4.69) is 4.98 Å². The quantitative estimate of drug-likeness (QED) is 0.796. The van der Waals surface area contributed by atoms with Crippen LogP contribution in [0.1, 0.15) is 37.5 Å². The number of rotatable bonds is 3. The molecule has 0 spiro atoms. The molecule has 1 N–H and O–H groups in total. The van der Waals surface area contributed by atoms with E-state index >= 15 is 0 Å². The summed E-state index contributed by atoms with van der Waals surface area (Å²) in [7, 11) is 0. The number of hydrogen-bond donors (Lipinski definition) is 1. The Bertz CT molecular complexity index is 289. The van der Waals surface area contributed by atoms with E-state index in [1.165, 1.54) is 6.26 Å². The summed E-state index contributed by atoms with van der Waals surface area (Å²) in [5, 5.41) is 9.24. The maximum Gasteiger partial charge on any atom is 0.196 e. The Morgan fingerprint density at radius 2 is 2.57 bits per heavy atom. The van der Waals surface area contributed by atoms with Crippen LogP contribution < -0.4 is 0 Å². The van der Waals surface area contributed by atoms with Crippen LogP contribution in [0.4, 0.5) is 0 Å². The molecule has 2 unspecified atom stereocenters. The Morgan fingerprint density at radius 1 is 1.71 bits per heavy atom. The molecule has 1 aliphatic heterocycles. The first-order valence-corrected chi connectivity index (χ1v) is 4.99. The zero-order valence-corrected chi connectivity index (χ0v) is 8.27. The van der Waals surface area contributed by atoms with Crippen molar-refractivity contribution in [1.29, 1.82) is 0 Å². The fourth-order valence-electron chi connectivity index (χ4n) is 1.61. The SMILES string of the molecule is CC(O)c1coc(CC2CCCO2)n1. The van der Waals surface area contributed by atoms with Crippen LogP contribution >= 0.6 is 0 Å². The van der Waals surface area contributed by atoms with Crippen molar-refractivity contribution in [2.75, 3.05) is 6.61 Å². The molecule has 0 radical (unpaired) electrons. The van der Waals surface area contributed by atoms with E-state index in [0.717, 1.165) is 19.4 Å². The van der Waals surface area contributed by atoms with Gasteiger partial charge in [0, 0.05) is 6.61 Å². The van der Waals surface area contributed by atoms with Gasteiger partial charge in [-0.1, -0.05) is 0 Å². The molecule has 0 amide bonds. The fourth-order valence-corrected chi connectivity index (χ4v) is 1.61. The van der Waals surface area contributed by atoms with E-state index < -0.39 is 6.10 Å². The molecule has 4 nitrogen and oxygen atoms in total. The van der Waals surface area contributed by atoms with Crippen molar-refractivity contribution in [3.05, 3.63) is 17.8 Å². The summed E-state index contributed by atoms with van der Waals surface area (Å²) in [6.45, 7) is 2.52. The molecule has 1 saturated heterocycles. The predicted octanol–water partition coefficient (Wildman–Crippen LogP) is 1.45. The smallest absolute Gasteiger partial charge is 0.196 e. The van der Waals surface area contributed by atoms with Crippen LogP contribution in [0.15, 0.2) is 10.7 Å². The lowest BCUT2D eigenvalue weighted by molar-refractivity contribution is 0.106. The minimum Gasteiger partial charge on any atom is -0.449 e. The van der Waals surface area contributed by atoms with Crippen LogP contribution in [0, 0.1) is 0 Å². The van der Waals surface area contributed by atoms with Gasteiger partial charge in [0.05, 0.1) is 18.6 Å². The zero-order valence-electron chi connectivity index (χ0n) is 8.27. The molecule has 2 atom stereocenters. The lowest BCUT2D eigenvalue weighted by atomic mass is 10.2. The third-order valence-electron chi connectivity index (χ3n) is 2.42. The molecular weight excluding hydrogens is 182 g/mol. The van der Waals surface area contributed by atoms with Crippen molar-refractivity contribution in [2.45, 2.75) is 38.4 Å². The molecule has 2 heterocycles. The Morgan fingerprint density at radius 3 is 3.14 bits per heavy atom. The van der Waals surface area contributed by atoms with Crippen LogP contribution in [0.25, 0.3) is 0 Å². The number of aromatic nitrogens is 1. The van der Waals surface area contributed by atoms with Crippen molar-refractivity contribution >= 4 is 0 Å². The van der Waals surface area contributed by atoms with E-state index in [1.807, 2.05) is 0 Å². The molecule has 2 rings (SSSR count). The van der Waals surface area contributed by atoms with Gasteiger partial charge in [-0.3, -0.25) is 0 Å². The summed E-state index contributed by atoms with van der Waals surface area (Å²) in [4.78, 5) is 4.18. The van der Waals surface area contributed by atoms with Crippen molar-refractivity contribution in [3.63, 3.8) is 0 Å². The number of aliphatic hydroxyl groups is 1. The molecular formula is C10H15NO3. The van der Waals surface area contributed by atoms with E-state index in [0.29, 0.717) is 18.0 Å². The molecule has 1 fully saturated rings. The van der Waals surface area contributed by atoms with Crippen molar-refractivity contribution < 1.29 is 14.3 Å². The number of hydrogen-bond acceptors (Lipinski definition) is 4. The van der Waals surface area contributed by atoms with Crippen LogP contribution in [-0.4, -0.2) is 22.8 Å². The minimum atomic E-state index is -0.558. The standard InChI is InChI=1S/C10H15NO3/c1-7(12)9-6-14-10(11-9)5-8-3-2-4-13-8/h6-8,12H,2-5H2,1H3. The molecule has 0 saturated carbocycles. The summed E-state index contributed by atoms with van der Waals surface area (Å²) >= 11 is 0. The number of oxazole rings is 1. The van der Waals surface area contributed by atoms with Crippen LogP contribution in [0.3, 0.4) is 0 Å². The average Bonchev–Trinajstić information content (AvgIpc) is 2.75. The lowest BCUT2D eigenvalue weighted by Gasteiger charge is -2.04. The molecule has 14 heavy (non-hydrogen) atoms. The zero-order chi connectivity index (χ0) is 9.97. The second-order valence-corrected chi connectivity index (χ2v) is 3.68. The summed E-state index contributed by atoms with van der Waals surface area (Å²) in [6, 6.07) is 0. The molecule has 0 aliphatic carbocycles. The Balaban J connectivity index is 1.95. The highest BCUT2D eigenvalue weighted by atomic mass is 16.5. The molecule has 1 aromatic heterocycles. The molecule has 0 bridgehead atoms. The van der Waals surface area contributed by atoms with Crippen LogP contribution in [0.5, 0.6) is 0 Å². The van der Waals surface area contributed by atoms with Gasteiger partial charge in [-0.05, 0) is 19.8 Å². The van der Waals surface area contributed by atoms with Gasteiger partial charge >= 0.3 is 0 Å². The highest BCUT2D eigenvalue weighted by Gasteiger charge is 2.19. The second kappa shape index (κ2) is 4.11. The highest BCUT2D eigenvalue weighted by Crippen LogP contribution is 2.18. The van der Waals surface area contributed by atoms with E-state index in [1.54, 1.807) is 6.92 Å². The van der Waals surface area contributed by atoms with Gasteiger partial charge in [-0.15, -0.1) is 0 Å². The Hall–Kier alpha value is -0.870. The van der Waals surface area contributed by atoms with Crippen LogP contribution in [0.2, 0.25) is 0 Å². The van der Waals surface area contributed by atoms with E-state index in [4.69, 9.17) is 9.15 Å². The third-order valence-corrected chi connectivity index (χ3v) is 2.42. The number of nitrogens with zero attached hydrogens (tertiary/aromatic N) is 1. The van der Waals surface area contributed by atoms with Gasteiger partial charge in [0.1, 0.15) is 12.0 Å². The normalized spacial score (nSPS) is 24.0. The summed E-state index contributed by atoms with van der Waals surface area (Å²) in [5.74, 6) is 0.660. The van der Waals surface area contributed by atoms with Gasteiger partial charge in [-0.25, -0.2) is 4.98 Å². The predicted molar refractivity (Wildman–Crippen MR) is 49.8 cm³/mol. The van der Waals surface area contributed by atoms with Crippen LogP contribution in [-0.2, 0) is 11.2 Å². The van der Waals surface area contributed by atoms with Gasteiger partial charge in [-0.2, -0.15) is 0 Å². The molecule has 4 heteroatoms. The minimum absolute atomic E-state index is 0.246. The van der Waals surface area contributed by atoms with Gasteiger partial charge in [0.15, 0.2) is 5.89 Å². The molecule has 0 aromatic carbocycles. The first-order chi connectivity index (χ1) is 6.75. The fraction of sp³-hybridized carbons (Fsp3) is 0.700. The first-order valence-electron chi connectivity index (χ1n) is 4.99. The van der Waals surface area contributed by atoms with Gasteiger partial charge in [0.2, 0.25) is 0 Å². The van der Waals surface area contributed by atoms with Gasteiger partial charge < -0.3 is 14.3 Å². The van der Waals surface area contributed by atoms with Crippen molar-refractivity contribution in [3.8, 4) is 0 Å². The maximum absolute atomic E-state index is 9.24. The van der Waals surface area contributed by atoms with E-state index in [9.17, 15) is 5.11 Å². The summed E-state index contributed by atoms with van der Waals surface area (Å²) in [6.07, 6.45) is 4.11. The second-order valence-electron chi connectivity index (χ2n) is 3.68. The average molecular weight is 197 g/mol. The molecule has 1 aromatic rings. The lowest BCUT2D eigenvalue weighted by Crippen LogP contribution is -2.09. The highest BCUT2D eigenvalue weighted by molar-refractivity contribution is 5.00. The Labute approximate surface area is 82.9 Å². The van der Waals surface area contributed by atoms with Gasteiger partial charge in [0.25, 0.3) is 0 Å². The monoisotopic (exact) mass is 197 g/mol. The van der Waals surface area contributed by atoms with Crippen molar-refractivity contribution in [2.24, 2.45) is 0 Å². The number of aliphatic hydroxyl groups excluding tert-OH is 1. The molecule has 78 valence electrons. The maximum atomic E-state index is 9.24. The van der Waals surface area contributed by atoms with Crippen molar-refractivity contribution in [1.82, 2.24) is 4.98 Å². The summed E-state index contributed by atoms with van der Waals surface area (Å²) in [5.41, 5.74) is 0.595. The van der Waals surface area contributed by atoms with E-state index in [-0.39, 0.29) is 6.10 Å². The first kappa shape index (κ1) is 9.68. The largest absolute Gasteiger partial charge is 0.449 e.